The average molecular weight is 688 g/mol. The van der Waals surface area contributed by atoms with Crippen LogP contribution in [0.15, 0.2) is 24.3 Å². The zero-order valence-electron chi connectivity index (χ0n) is 28.8. The molecule has 0 aromatic rings. The smallest absolute Gasteiger partial charge is 0.172 e. The van der Waals surface area contributed by atoms with E-state index >= 15 is 0 Å². The number of nitrogens with two attached hydrogens (primary N) is 1. The second-order valence-corrected chi connectivity index (χ2v) is 16.4. The average Bonchev–Trinajstić information content (AvgIpc) is 3.70. The molecule has 1 spiro atoms. The molecule has 8 aliphatic heterocycles. The van der Waals surface area contributed by atoms with Crippen LogP contribution in [0.25, 0.3) is 0 Å². The van der Waals surface area contributed by atoms with Crippen LogP contribution in [0.3, 0.4) is 0 Å². The van der Waals surface area contributed by atoms with Gasteiger partial charge in [-0.3, -0.25) is 4.79 Å². The van der Waals surface area contributed by atoms with Crippen LogP contribution in [0.4, 0.5) is 0 Å². The van der Waals surface area contributed by atoms with Crippen LogP contribution in [0, 0.1) is 5.92 Å². The van der Waals surface area contributed by atoms with Crippen molar-refractivity contribution in [2.75, 3.05) is 6.54 Å². The Hall–Kier alpha value is -1.25. The Morgan fingerprint density at radius 2 is 1.57 bits per heavy atom. The van der Waals surface area contributed by atoms with Crippen LogP contribution in [0.5, 0.6) is 0 Å². The van der Waals surface area contributed by atoms with Crippen molar-refractivity contribution in [3.63, 3.8) is 0 Å². The van der Waals surface area contributed by atoms with Gasteiger partial charge in [0, 0.05) is 51.5 Å². The standard InChI is InChI=1S/C38H57NO10/c1-20-3-4-25-5-7-30-21(2)11-27(44-30)9-10-38-18-29(42)36(49-38)34-17-35(48-38)37-31(47-34)8-6-26(46-37)14-23(40)12-22-13-28(15-24(41)19-39)45-33(22)16-32(20)43-25/h22,24-37,41-42H,1-19,39H2/t22?,24?,25?,26?,27?,28-,29+,30?,31?,32?,33-,34?,35+,36?,37?,38+/m0/s1. The first kappa shape index (κ1) is 34.8. The molecule has 8 aliphatic rings. The summed E-state index contributed by atoms with van der Waals surface area (Å²) in [6.07, 6.45) is 7.45. The van der Waals surface area contributed by atoms with E-state index in [9.17, 15) is 15.0 Å². The van der Waals surface area contributed by atoms with Crippen molar-refractivity contribution >= 4 is 5.78 Å². The summed E-state index contributed by atoms with van der Waals surface area (Å²) in [6, 6.07) is 0. The molecule has 0 radical (unpaired) electrons. The maximum absolute atomic E-state index is 13.7. The van der Waals surface area contributed by atoms with E-state index in [1.54, 1.807) is 0 Å². The Morgan fingerprint density at radius 3 is 2.43 bits per heavy atom. The van der Waals surface area contributed by atoms with Crippen LogP contribution < -0.4 is 5.73 Å². The highest BCUT2D eigenvalue weighted by atomic mass is 16.7. The van der Waals surface area contributed by atoms with E-state index in [1.807, 2.05) is 0 Å². The van der Waals surface area contributed by atoms with E-state index in [2.05, 4.69) is 13.2 Å². The van der Waals surface area contributed by atoms with Gasteiger partial charge in [-0.25, -0.2) is 0 Å². The van der Waals surface area contributed by atoms with Crippen LogP contribution in [-0.2, 0) is 38.0 Å². The number of aliphatic hydroxyl groups excluding tert-OH is 2. The number of Topliss-reactive ketones (excluding diaryl/α,β-unsaturated/α-hetero) is 1. The fourth-order valence-corrected chi connectivity index (χ4v) is 10.2. The van der Waals surface area contributed by atoms with Crippen molar-refractivity contribution in [1.82, 2.24) is 0 Å². The fraction of sp³-hybridized carbons (Fsp3) is 0.868. The predicted molar refractivity (Wildman–Crippen MR) is 177 cm³/mol. The second-order valence-electron chi connectivity index (χ2n) is 16.4. The number of hydrogen-bond donors (Lipinski definition) is 3. The van der Waals surface area contributed by atoms with E-state index in [1.165, 1.54) is 0 Å². The summed E-state index contributed by atoms with van der Waals surface area (Å²) >= 11 is 0. The number of ether oxygens (including phenoxy) is 7. The first-order valence-electron chi connectivity index (χ1n) is 19.2. The molecule has 16 atom stereocenters. The molecule has 0 saturated carbocycles. The SMILES string of the molecule is C=C1CC2CC[C@]34C[C@@H](O)C(O3)C3C[C@@H](O4)C4OC(CCC4O3)CC(=O)CC3C[C@@H](CC(O)CN)O[C@H]3CC3OC(CCC3=C)CCC1O2. The molecule has 0 aliphatic carbocycles. The lowest BCUT2D eigenvalue weighted by Crippen LogP contribution is -2.58. The lowest BCUT2D eigenvalue weighted by Gasteiger charge is -2.47. The van der Waals surface area contributed by atoms with Crippen LogP contribution in [-0.4, -0.2) is 114 Å². The number of ketones is 1. The van der Waals surface area contributed by atoms with Crippen molar-refractivity contribution in [2.45, 2.75) is 194 Å². The Labute approximate surface area is 290 Å². The van der Waals surface area contributed by atoms with Crippen molar-refractivity contribution in [2.24, 2.45) is 11.7 Å². The van der Waals surface area contributed by atoms with Gasteiger partial charge in [-0.2, -0.15) is 0 Å². The van der Waals surface area contributed by atoms with E-state index in [0.717, 1.165) is 62.5 Å². The first-order valence-corrected chi connectivity index (χ1v) is 19.2. The number of hydrogen-bond acceptors (Lipinski definition) is 11. The largest absolute Gasteiger partial charge is 0.392 e. The molecule has 0 aromatic heterocycles. The summed E-state index contributed by atoms with van der Waals surface area (Å²) in [5, 5.41) is 21.4. The molecule has 8 heterocycles. The molecule has 0 amide bonds. The van der Waals surface area contributed by atoms with Gasteiger partial charge in [-0.1, -0.05) is 13.2 Å². The lowest BCUT2D eigenvalue weighted by molar-refractivity contribution is -0.277. The summed E-state index contributed by atoms with van der Waals surface area (Å²) in [5.74, 6) is -0.741. The molecule has 8 saturated heterocycles. The minimum Gasteiger partial charge on any atom is -0.392 e. The van der Waals surface area contributed by atoms with Gasteiger partial charge in [0.1, 0.15) is 18.0 Å². The summed E-state index contributed by atoms with van der Waals surface area (Å²) in [5.41, 5.74) is 7.95. The number of carbonyl (C=O) groups excluding carboxylic acids is 1. The summed E-state index contributed by atoms with van der Waals surface area (Å²) in [4.78, 5) is 13.7. The highest BCUT2D eigenvalue weighted by Gasteiger charge is 2.59. The molecular weight excluding hydrogens is 630 g/mol. The summed E-state index contributed by atoms with van der Waals surface area (Å²) in [7, 11) is 0. The minimum atomic E-state index is -0.924. The van der Waals surface area contributed by atoms with E-state index in [4.69, 9.17) is 38.9 Å². The highest BCUT2D eigenvalue weighted by Crippen LogP contribution is 2.49. The highest BCUT2D eigenvalue weighted by molar-refractivity contribution is 5.79. The first-order chi connectivity index (χ1) is 23.6. The monoisotopic (exact) mass is 687 g/mol. The molecule has 8 fully saturated rings. The van der Waals surface area contributed by atoms with Crippen LogP contribution in [0.1, 0.15) is 103 Å². The predicted octanol–water partition coefficient (Wildman–Crippen LogP) is 3.55. The Balaban J connectivity index is 1.03. The number of rotatable bonds is 3. The zero-order valence-corrected chi connectivity index (χ0v) is 28.8. The number of fused-ring (bicyclic) bond motifs is 9. The van der Waals surface area contributed by atoms with Gasteiger partial charge in [0.05, 0.1) is 73.2 Å². The van der Waals surface area contributed by atoms with Crippen molar-refractivity contribution in [3.8, 4) is 0 Å². The zero-order chi connectivity index (χ0) is 33.9. The molecule has 11 heteroatoms. The van der Waals surface area contributed by atoms with Crippen LogP contribution in [0.2, 0.25) is 0 Å². The Morgan fingerprint density at radius 1 is 0.755 bits per heavy atom. The summed E-state index contributed by atoms with van der Waals surface area (Å²) < 4.78 is 46.5. The van der Waals surface area contributed by atoms with Crippen LogP contribution >= 0.6 is 0 Å². The third-order valence-electron chi connectivity index (χ3n) is 12.8. The molecule has 11 unspecified atom stereocenters. The quantitative estimate of drug-likeness (QED) is 0.374. The molecule has 4 N–H and O–H groups in total. The molecule has 0 aromatic carbocycles. The second kappa shape index (κ2) is 14.3. The molecule has 274 valence electrons. The van der Waals surface area contributed by atoms with E-state index in [-0.39, 0.29) is 85.4 Å². The normalized spacial score (nSPS) is 49.7. The third-order valence-corrected chi connectivity index (χ3v) is 12.8. The number of aliphatic hydroxyl groups is 2. The fourth-order valence-electron chi connectivity index (χ4n) is 10.2. The van der Waals surface area contributed by atoms with Gasteiger partial charge in [0.25, 0.3) is 0 Å². The molecule has 8 rings (SSSR count). The maximum Gasteiger partial charge on any atom is 0.172 e. The van der Waals surface area contributed by atoms with Gasteiger partial charge in [0.2, 0.25) is 0 Å². The Bertz CT molecular complexity index is 1250. The van der Waals surface area contributed by atoms with Gasteiger partial charge in [0.15, 0.2) is 5.79 Å². The lowest BCUT2D eigenvalue weighted by atomic mass is 9.84. The van der Waals surface area contributed by atoms with Gasteiger partial charge >= 0.3 is 0 Å². The van der Waals surface area contributed by atoms with E-state index < -0.39 is 24.1 Å². The molecule has 11 nitrogen and oxygen atoms in total. The Kier molecular flexibility index (Phi) is 10.2. The molecule has 10 bridgehead atoms. The molecule has 49 heavy (non-hydrogen) atoms. The number of carbonyl (C=O) groups is 1. The van der Waals surface area contributed by atoms with Gasteiger partial charge in [-0.05, 0) is 74.9 Å². The summed E-state index contributed by atoms with van der Waals surface area (Å²) in [6.45, 7) is 8.94. The van der Waals surface area contributed by atoms with Crippen molar-refractivity contribution in [1.29, 1.82) is 0 Å². The van der Waals surface area contributed by atoms with Gasteiger partial charge in [-0.15, -0.1) is 0 Å². The molecular formula is C38H57NO10. The third kappa shape index (κ3) is 7.36. The van der Waals surface area contributed by atoms with E-state index in [0.29, 0.717) is 51.4 Å². The minimum absolute atomic E-state index is 0.0167. The topological polar surface area (TPSA) is 148 Å². The maximum atomic E-state index is 13.7. The van der Waals surface area contributed by atoms with Crippen molar-refractivity contribution in [3.05, 3.63) is 24.3 Å². The van der Waals surface area contributed by atoms with Crippen molar-refractivity contribution < 1.29 is 48.2 Å². The van der Waals surface area contributed by atoms with Gasteiger partial charge < -0.3 is 49.1 Å².